The van der Waals surface area contributed by atoms with Crippen molar-refractivity contribution in [2.24, 2.45) is 5.92 Å². The summed E-state index contributed by atoms with van der Waals surface area (Å²) in [4.78, 5) is 0. The molecule has 0 saturated carbocycles. The van der Waals surface area contributed by atoms with Gasteiger partial charge in [-0.1, -0.05) is 20.8 Å². The van der Waals surface area contributed by atoms with E-state index in [0.717, 1.165) is 12.0 Å². The Kier molecular flexibility index (Phi) is 3.73. The number of anilines is 1. The zero-order valence-corrected chi connectivity index (χ0v) is 10.1. The van der Waals surface area contributed by atoms with Gasteiger partial charge in [0.15, 0.2) is 0 Å². The second-order valence-electron chi connectivity index (χ2n) is 3.90. The highest BCUT2D eigenvalue weighted by molar-refractivity contribution is 7.92. The van der Waals surface area contributed by atoms with Gasteiger partial charge in [-0.25, -0.2) is 8.42 Å². The number of rotatable bonds is 5. The maximum absolute atomic E-state index is 11.6. The van der Waals surface area contributed by atoms with Gasteiger partial charge in [0, 0.05) is 5.56 Å². The summed E-state index contributed by atoms with van der Waals surface area (Å²) in [6.45, 7) is 5.69. The van der Waals surface area contributed by atoms with Crippen LogP contribution in [0.4, 0.5) is 5.82 Å². The van der Waals surface area contributed by atoms with Crippen LogP contribution in [0.3, 0.4) is 0 Å². The molecule has 0 saturated heterocycles. The van der Waals surface area contributed by atoms with E-state index in [2.05, 4.69) is 14.9 Å². The quantitative estimate of drug-likeness (QED) is 0.803. The Bertz CT molecular complexity index is 409. The average molecular weight is 231 g/mol. The molecule has 15 heavy (non-hydrogen) atoms. The first-order valence-corrected chi connectivity index (χ1v) is 6.62. The third kappa shape index (κ3) is 3.54. The number of hydrogen-bond acceptors (Lipinski definition) is 3. The number of aromatic nitrogens is 2. The maximum atomic E-state index is 11.6. The predicted molar refractivity (Wildman–Crippen MR) is 60.2 cm³/mol. The number of aryl methyl sites for hydroxylation is 1. The van der Waals surface area contributed by atoms with Gasteiger partial charge in [-0.05, 0) is 12.3 Å². The normalized spacial score (nSPS) is 12.0. The molecule has 1 rings (SSSR count). The van der Waals surface area contributed by atoms with Crippen molar-refractivity contribution in [2.75, 3.05) is 10.5 Å². The lowest BCUT2D eigenvalue weighted by molar-refractivity contribution is 0.587. The van der Waals surface area contributed by atoms with E-state index < -0.39 is 10.0 Å². The molecule has 0 atom stereocenters. The van der Waals surface area contributed by atoms with Crippen LogP contribution in [-0.4, -0.2) is 24.4 Å². The number of sulfonamides is 1. The molecule has 0 fully saturated rings. The summed E-state index contributed by atoms with van der Waals surface area (Å²) in [5.41, 5.74) is 0.877. The summed E-state index contributed by atoms with van der Waals surface area (Å²) >= 11 is 0. The fourth-order valence-electron chi connectivity index (χ4n) is 1.30. The van der Waals surface area contributed by atoms with Gasteiger partial charge in [0.1, 0.15) is 5.82 Å². The van der Waals surface area contributed by atoms with Crippen LogP contribution < -0.4 is 4.72 Å². The summed E-state index contributed by atoms with van der Waals surface area (Å²) in [5.74, 6) is 0.712. The first-order valence-electron chi connectivity index (χ1n) is 4.97. The molecule has 2 N–H and O–H groups in total. The first-order chi connectivity index (χ1) is 6.94. The Morgan fingerprint density at radius 1 is 1.53 bits per heavy atom. The molecule has 0 aromatic carbocycles. The standard InChI is InChI=1S/C9H17N3O2S/c1-4-8-5-10-11-9(8)12-15(13,14)6-7(2)3/h5,7H,4,6H2,1-3H3,(H2,10,11,12). The first kappa shape index (κ1) is 12.0. The second-order valence-corrected chi connectivity index (χ2v) is 5.67. The molecule has 0 unspecified atom stereocenters. The highest BCUT2D eigenvalue weighted by atomic mass is 32.2. The minimum Gasteiger partial charge on any atom is -0.267 e. The highest BCUT2D eigenvalue weighted by Gasteiger charge is 2.15. The Morgan fingerprint density at radius 2 is 2.20 bits per heavy atom. The highest BCUT2D eigenvalue weighted by Crippen LogP contribution is 2.14. The Labute approximate surface area is 90.3 Å². The van der Waals surface area contributed by atoms with Gasteiger partial charge in [0.25, 0.3) is 0 Å². The van der Waals surface area contributed by atoms with Crippen molar-refractivity contribution in [1.29, 1.82) is 0 Å². The zero-order valence-electron chi connectivity index (χ0n) is 9.24. The fraction of sp³-hybridized carbons (Fsp3) is 0.667. The van der Waals surface area contributed by atoms with Crippen molar-refractivity contribution in [3.05, 3.63) is 11.8 Å². The topological polar surface area (TPSA) is 74.8 Å². The molecule has 0 bridgehead atoms. The van der Waals surface area contributed by atoms with Crippen molar-refractivity contribution in [1.82, 2.24) is 10.2 Å². The lowest BCUT2D eigenvalue weighted by atomic mass is 10.3. The summed E-state index contributed by atoms with van der Waals surface area (Å²) in [7, 11) is -3.26. The van der Waals surface area contributed by atoms with Crippen LogP contribution >= 0.6 is 0 Å². The van der Waals surface area contributed by atoms with Crippen LogP contribution in [0, 0.1) is 5.92 Å². The summed E-state index contributed by atoms with van der Waals surface area (Å²) in [6.07, 6.45) is 2.38. The number of H-pyrrole nitrogens is 1. The van der Waals surface area contributed by atoms with Crippen LogP contribution in [0.5, 0.6) is 0 Å². The summed E-state index contributed by atoms with van der Waals surface area (Å²) < 4.78 is 25.7. The Morgan fingerprint density at radius 3 is 2.73 bits per heavy atom. The molecule has 0 spiro atoms. The molecule has 1 aromatic rings. The van der Waals surface area contributed by atoms with E-state index in [1.165, 1.54) is 0 Å². The second kappa shape index (κ2) is 4.65. The van der Waals surface area contributed by atoms with Crippen molar-refractivity contribution in [3.63, 3.8) is 0 Å². The SMILES string of the molecule is CCc1cn[nH]c1NS(=O)(=O)CC(C)C. The molecule has 6 heteroatoms. The van der Waals surface area contributed by atoms with Crippen molar-refractivity contribution in [2.45, 2.75) is 27.2 Å². The molecule has 86 valence electrons. The lowest BCUT2D eigenvalue weighted by Crippen LogP contribution is -2.20. The van der Waals surface area contributed by atoms with Crippen molar-refractivity contribution < 1.29 is 8.42 Å². The zero-order chi connectivity index (χ0) is 11.5. The van der Waals surface area contributed by atoms with Gasteiger partial charge in [-0.2, -0.15) is 5.10 Å². The number of nitrogens with one attached hydrogen (secondary N) is 2. The molecule has 1 heterocycles. The molecule has 5 nitrogen and oxygen atoms in total. The van der Waals surface area contributed by atoms with E-state index in [4.69, 9.17) is 0 Å². The molecule has 0 amide bonds. The Balaban J connectivity index is 2.77. The molecule has 0 aliphatic rings. The van der Waals surface area contributed by atoms with E-state index in [1.807, 2.05) is 20.8 Å². The van der Waals surface area contributed by atoms with Gasteiger partial charge >= 0.3 is 0 Å². The van der Waals surface area contributed by atoms with E-state index in [-0.39, 0.29) is 11.7 Å². The molecular formula is C9H17N3O2S. The summed E-state index contributed by atoms with van der Waals surface area (Å²) in [6, 6.07) is 0. The van der Waals surface area contributed by atoms with Gasteiger partial charge in [-0.15, -0.1) is 0 Å². The minimum absolute atomic E-state index is 0.107. The van der Waals surface area contributed by atoms with Crippen LogP contribution in [0.25, 0.3) is 0 Å². The van der Waals surface area contributed by atoms with Gasteiger partial charge in [0.05, 0.1) is 11.9 Å². The number of nitrogens with zero attached hydrogens (tertiary/aromatic N) is 1. The monoisotopic (exact) mass is 231 g/mol. The summed E-state index contributed by atoms with van der Waals surface area (Å²) in [5, 5.41) is 6.45. The van der Waals surface area contributed by atoms with Gasteiger partial charge in [0.2, 0.25) is 10.0 Å². The number of aromatic amines is 1. The molecule has 1 aromatic heterocycles. The third-order valence-corrected chi connectivity index (χ3v) is 3.53. The van der Waals surface area contributed by atoms with E-state index >= 15 is 0 Å². The van der Waals surface area contributed by atoms with Crippen LogP contribution in [-0.2, 0) is 16.4 Å². The van der Waals surface area contributed by atoms with Crippen LogP contribution in [0.2, 0.25) is 0 Å². The van der Waals surface area contributed by atoms with Crippen molar-refractivity contribution in [3.8, 4) is 0 Å². The van der Waals surface area contributed by atoms with Crippen LogP contribution in [0.1, 0.15) is 26.3 Å². The largest absolute Gasteiger partial charge is 0.267 e. The van der Waals surface area contributed by atoms with E-state index in [9.17, 15) is 8.42 Å². The van der Waals surface area contributed by atoms with E-state index in [0.29, 0.717) is 5.82 Å². The smallest absolute Gasteiger partial charge is 0.234 e. The Hall–Kier alpha value is -1.04. The van der Waals surface area contributed by atoms with Crippen LogP contribution in [0.15, 0.2) is 6.20 Å². The van der Waals surface area contributed by atoms with Gasteiger partial charge < -0.3 is 0 Å². The lowest BCUT2D eigenvalue weighted by Gasteiger charge is -2.09. The molecule has 0 aliphatic carbocycles. The molecular weight excluding hydrogens is 214 g/mol. The van der Waals surface area contributed by atoms with Crippen molar-refractivity contribution >= 4 is 15.8 Å². The number of hydrogen-bond donors (Lipinski definition) is 2. The van der Waals surface area contributed by atoms with Gasteiger partial charge in [-0.3, -0.25) is 9.82 Å². The third-order valence-electron chi connectivity index (χ3n) is 1.91. The molecule has 0 aliphatic heterocycles. The minimum atomic E-state index is -3.26. The molecule has 0 radical (unpaired) electrons. The fourth-order valence-corrected chi connectivity index (χ4v) is 2.75. The maximum Gasteiger partial charge on any atom is 0.234 e. The predicted octanol–water partition coefficient (Wildman–Crippen LogP) is 1.37. The average Bonchev–Trinajstić information content (AvgIpc) is 2.48. The van der Waals surface area contributed by atoms with E-state index in [1.54, 1.807) is 6.20 Å².